The van der Waals surface area contributed by atoms with Crippen LogP contribution in [0.25, 0.3) is 0 Å². The fourth-order valence-corrected chi connectivity index (χ4v) is 1.45. The lowest BCUT2D eigenvalue weighted by Gasteiger charge is -2.20. The van der Waals surface area contributed by atoms with Crippen LogP contribution in [-0.4, -0.2) is 35.1 Å². The Morgan fingerprint density at radius 2 is 2.17 bits per heavy atom. The van der Waals surface area contributed by atoms with Gasteiger partial charge in [-0.15, -0.1) is 0 Å². The fraction of sp³-hybridized carbons (Fsp3) is 0.333. The molecule has 18 heavy (non-hydrogen) atoms. The summed E-state index contributed by atoms with van der Waals surface area (Å²) in [5.41, 5.74) is 0.298. The predicted octanol–water partition coefficient (Wildman–Crippen LogP) is 2.15. The van der Waals surface area contributed by atoms with Gasteiger partial charge in [0.25, 0.3) is 0 Å². The number of hydrogen-bond acceptors (Lipinski definition) is 2. The van der Waals surface area contributed by atoms with Gasteiger partial charge in [-0.25, -0.2) is 9.18 Å². The molecule has 0 unspecified atom stereocenters. The van der Waals surface area contributed by atoms with Crippen LogP contribution < -0.4 is 5.32 Å². The van der Waals surface area contributed by atoms with E-state index in [0.29, 0.717) is 18.7 Å². The second kappa shape index (κ2) is 6.58. The van der Waals surface area contributed by atoms with Gasteiger partial charge in [0.15, 0.2) is 0 Å². The predicted molar refractivity (Wildman–Crippen MR) is 64.9 cm³/mol. The number of amides is 2. The maximum absolute atomic E-state index is 12.9. The van der Waals surface area contributed by atoms with E-state index in [0.717, 1.165) is 4.90 Å². The van der Waals surface area contributed by atoms with E-state index in [1.54, 1.807) is 0 Å². The third-order valence-electron chi connectivity index (χ3n) is 2.18. The van der Waals surface area contributed by atoms with Crippen LogP contribution in [0.15, 0.2) is 24.3 Å². The number of halogens is 1. The molecule has 2 N–H and O–H groups in total. The molecule has 0 atom stereocenters. The average Bonchev–Trinajstić information content (AvgIpc) is 2.27. The molecule has 0 aliphatic carbocycles. The first-order valence-electron chi connectivity index (χ1n) is 5.56. The molecule has 1 aromatic carbocycles. The zero-order valence-corrected chi connectivity index (χ0v) is 10.0. The van der Waals surface area contributed by atoms with Crippen molar-refractivity contribution in [3.05, 3.63) is 30.1 Å². The number of rotatable bonds is 5. The van der Waals surface area contributed by atoms with Crippen LogP contribution in [0.4, 0.5) is 14.9 Å². The van der Waals surface area contributed by atoms with Crippen LogP contribution >= 0.6 is 0 Å². The Morgan fingerprint density at radius 3 is 2.72 bits per heavy atom. The van der Waals surface area contributed by atoms with Crippen LogP contribution in [0.5, 0.6) is 0 Å². The van der Waals surface area contributed by atoms with E-state index in [-0.39, 0.29) is 6.54 Å². The van der Waals surface area contributed by atoms with E-state index in [1.807, 2.05) is 6.92 Å². The summed E-state index contributed by atoms with van der Waals surface area (Å²) < 4.78 is 12.9. The molecule has 0 radical (unpaired) electrons. The Morgan fingerprint density at radius 1 is 1.44 bits per heavy atom. The topological polar surface area (TPSA) is 69.6 Å². The Balaban J connectivity index is 2.69. The largest absolute Gasteiger partial charge is 0.480 e. The highest BCUT2D eigenvalue weighted by molar-refractivity contribution is 5.91. The molecule has 0 aliphatic heterocycles. The normalized spacial score (nSPS) is 9.89. The molecule has 0 spiro atoms. The average molecular weight is 254 g/mol. The summed E-state index contributed by atoms with van der Waals surface area (Å²) in [4.78, 5) is 23.6. The van der Waals surface area contributed by atoms with Crippen molar-refractivity contribution in [3.8, 4) is 0 Å². The van der Waals surface area contributed by atoms with Gasteiger partial charge < -0.3 is 15.3 Å². The lowest BCUT2D eigenvalue weighted by atomic mass is 10.3. The molecule has 6 heteroatoms. The number of hydrogen-bond donors (Lipinski definition) is 2. The summed E-state index contributed by atoms with van der Waals surface area (Å²) in [5, 5.41) is 11.1. The van der Waals surface area contributed by atoms with Gasteiger partial charge in [-0.3, -0.25) is 4.79 Å². The lowest BCUT2D eigenvalue weighted by molar-refractivity contribution is -0.137. The van der Waals surface area contributed by atoms with Crippen LogP contribution in [-0.2, 0) is 4.79 Å². The lowest BCUT2D eigenvalue weighted by Crippen LogP contribution is -2.39. The summed E-state index contributed by atoms with van der Waals surface area (Å²) in [7, 11) is 0. The third-order valence-corrected chi connectivity index (χ3v) is 2.18. The fourth-order valence-electron chi connectivity index (χ4n) is 1.45. The summed E-state index contributed by atoms with van der Waals surface area (Å²) in [6.45, 7) is 1.78. The van der Waals surface area contributed by atoms with Gasteiger partial charge >= 0.3 is 12.0 Å². The number of anilines is 1. The van der Waals surface area contributed by atoms with Crippen LogP contribution in [0.3, 0.4) is 0 Å². The highest BCUT2D eigenvalue weighted by atomic mass is 19.1. The standard InChI is InChI=1S/C12H15FN2O3/c1-2-6-15(8-11(16)17)12(18)14-10-5-3-4-9(13)7-10/h3-5,7H,2,6,8H2,1H3,(H,14,18)(H,16,17). The van der Waals surface area contributed by atoms with Crippen molar-refractivity contribution in [1.29, 1.82) is 0 Å². The van der Waals surface area contributed by atoms with E-state index in [4.69, 9.17) is 5.11 Å². The molecule has 98 valence electrons. The summed E-state index contributed by atoms with van der Waals surface area (Å²) in [6.07, 6.45) is 0.643. The Kier molecular flexibility index (Phi) is 5.10. The number of nitrogens with one attached hydrogen (secondary N) is 1. The Hall–Kier alpha value is -2.11. The van der Waals surface area contributed by atoms with Crippen molar-refractivity contribution < 1.29 is 19.1 Å². The van der Waals surface area contributed by atoms with Gasteiger partial charge in [-0.05, 0) is 24.6 Å². The zero-order valence-electron chi connectivity index (χ0n) is 10.0. The molecule has 0 aliphatic rings. The Labute approximate surface area is 104 Å². The maximum Gasteiger partial charge on any atom is 0.323 e. The van der Waals surface area contributed by atoms with Crippen LogP contribution in [0, 0.1) is 5.82 Å². The van der Waals surface area contributed by atoms with E-state index >= 15 is 0 Å². The highest BCUT2D eigenvalue weighted by Gasteiger charge is 2.15. The number of carboxylic acids is 1. The zero-order chi connectivity index (χ0) is 13.5. The number of carbonyl (C=O) groups is 2. The molecule has 1 rings (SSSR count). The quantitative estimate of drug-likeness (QED) is 0.845. The van der Waals surface area contributed by atoms with Crippen molar-refractivity contribution in [3.63, 3.8) is 0 Å². The number of carboxylic acid groups (broad SMARTS) is 1. The van der Waals surface area contributed by atoms with E-state index in [9.17, 15) is 14.0 Å². The minimum Gasteiger partial charge on any atom is -0.480 e. The van der Waals surface area contributed by atoms with Gasteiger partial charge in [0.2, 0.25) is 0 Å². The molecule has 0 aromatic heterocycles. The third kappa shape index (κ3) is 4.40. The van der Waals surface area contributed by atoms with Gasteiger partial charge in [0.1, 0.15) is 12.4 Å². The number of carbonyl (C=O) groups excluding carboxylic acids is 1. The maximum atomic E-state index is 12.9. The van der Waals surface area contributed by atoms with Crippen LogP contribution in [0.1, 0.15) is 13.3 Å². The van der Waals surface area contributed by atoms with Gasteiger partial charge in [-0.2, -0.15) is 0 Å². The Bertz CT molecular complexity index is 437. The first-order valence-corrected chi connectivity index (χ1v) is 5.56. The number of urea groups is 1. The molecule has 1 aromatic rings. The van der Waals surface area contributed by atoms with Crippen molar-refractivity contribution >= 4 is 17.7 Å². The molecule has 0 saturated carbocycles. The van der Waals surface area contributed by atoms with Gasteiger partial charge in [0, 0.05) is 12.2 Å². The number of aliphatic carboxylic acids is 1. The van der Waals surface area contributed by atoms with E-state index < -0.39 is 17.8 Å². The smallest absolute Gasteiger partial charge is 0.323 e. The van der Waals surface area contributed by atoms with Gasteiger partial charge in [0.05, 0.1) is 0 Å². The molecule has 0 fully saturated rings. The van der Waals surface area contributed by atoms with Crippen molar-refractivity contribution in [2.24, 2.45) is 0 Å². The van der Waals surface area contributed by atoms with E-state index in [1.165, 1.54) is 24.3 Å². The van der Waals surface area contributed by atoms with Crippen molar-refractivity contribution in [2.45, 2.75) is 13.3 Å². The summed E-state index contributed by atoms with van der Waals surface area (Å²) in [6, 6.07) is 4.88. The number of nitrogens with zero attached hydrogens (tertiary/aromatic N) is 1. The monoisotopic (exact) mass is 254 g/mol. The minimum absolute atomic E-state index is 0.298. The highest BCUT2D eigenvalue weighted by Crippen LogP contribution is 2.10. The first kappa shape index (κ1) is 14.0. The van der Waals surface area contributed by atoms with Crippen molar-refractivity contribution in [2.75, 3.05) is 18.4 Å². The first-order chi connectivity index (χ1) is 8.52. The molecule has 2 amide bonds. The molecule has 0 saturated heterocycles. The second-order valence-corrected chi connectivity index (χ2v) is 3.76. The SMILES string of the molecule is CCCN(CC(=O)O)C(=O)Nc1cccc(F)c1. The molecular weight excluding hydrogens is 239 g/mol. The minimum atomic E-state index is -1.09. The van der Waals surface area contributed by atoms with Gasteiger partial charge in [-0.1, -0.05) is 13.0 Å². The van der Waals surface area contributed by atoms with Crippen LogP contribution in [0.2, 0.25) is 0 Å². The second-order valence-electron chi connectivity index (χ2n) is 3.76. The summed E-state index contributed by atoms with van der Waals surface area (Å²) >= 11 is 0. The van der Waals surface area contributed by atoms with E-state index in [2.05, 4.69) is 5.32 Å². The molecule has 0 heterocycles. The summed E-state index contributed by atoms with van der Waals surface area (Å²) in [5.74, 6) is -1.55. The molecule has 0 bridgehead atoms. The molecule has 5 nitrogen and oxygen atoms in total. The van der Waals surface area contributed by atoms with Crippen molar-refractivity contribution in [1.82, 2.24) is 4.90 Å². The number of benzene rings is 1. The molecular formula is C12H15FN2O3.